The minimum atomic E-state index is -0.858. The summed E-state index contributed by atoms with van der Waals surface area (Å²) in [7, 11) is 0. The van der Waals surface area contributed by atoms with Crippen molar-refractivity contribution in [2.45, 2.75) is 52.1 Å². The zero-order chi connectivity index (χ0) is 20.8. The Morgan fingerprint density at radius 3 is 2.59 bits per heavy atom. The second-order valence-electron chi connectivity index (χ2n) is 7.09. The molecule has 29 heavy (non-hydrogen) atoms. The Kier molecular flexibility index (Phi) is 6.99. The Hall–Kier alpha value is -2.73. The Morgan fingerprint density at radius 1 is 1.10 bits per heavy atom. The van der Waals surface area contributed by atoms with Gasteiger partial charge < -0.3 is 10.1 Å². The van der Waals surface area contributed by atoms with Gasteiger partial charge in [-0.1, -0.05) is 44.2 Å². The van der Waals surface area contributed by atoms with E-state index >= 15 is 0 Å². The number of carbonyl (C=O) groups is 2. The lowest BCUT2D eigenvalue weighted by atomic mass is 9.97. The molecule has 1 aromatic heterocycles. The average molecular weight is 411 g/mol. The average Bonchev–Trinajstić information content (AvgIpc) is 3.15. The summed E-state index contributed by atoms with van der Waals surface area (Å²) in [5.41, 5.74) is 2.79. The third-order valence-electron chi connectivity index (χ3n) is 4.92. The Bertz CT molecular complexity index is 965. The fourth-order valence-electron chi connectivity index (χ4n) is 3.04. The molecular formula is C23H26N2O3S. The van der Waals surface area contributed by atoms with Crippen molar-refractivity contribution in [3.8, 4) is 0 Å². The fraction of sp³-hybridized carbons (Fsp3) is 0.348. The molecule has 0 aliphatic carbocycles. The zero-order valence-corrected chi connectivity index (χ0v) is 17.8. The van der Waals surface area contributed by atoms with Crippen LogP contribution in [0.2, 0.25) is 0 Å². The SMILES string of the molecule is CC[C@H](C)c1ccccc1NC(=O)[C@H](C)OC(=O)CCc1nc2ccccc2s1. The molecule has 2 aromatic carbocycles. The maximum Gasteiger partial charge on any atom is 0.306 e. The van der Waals surface area contributed by atoms with Gasteiger partial charge in [-0.05, 0) is 43.0 Å². The molecule has 152 valence electrons. The number of fused-ring (bicyclic) bond motifs is 1. The van der Waals surface area contributed by atoms with Crippen molar-refractivity contribution in [3.63, 3.8) is 0 Å². The number of benzene rings is 2. The number of nitrogens with one attached hydrogen (secondary N) is 1. The van der Waals surface area contributed by atoms with E-state index in [4.69, 9.17) is 4.74 Å². The van der Waals surface area contributed by atoms with Crippen molar-refractivity contribution in [1.29, 1.82) is 0 Å². The van der Waals surface area contributed by atoms with E-state index in [1.54, 1.807) is 18.3 Å². The molecule has 1 heterocycles. The maximum atomic E-state index is 12.5. The number of para-hydroxylation sites is 2. The Labute approximate surface area is 175 Å². The van der Waals surface area contributed by atoms with Crippen LogP contribution < -0.4 is 5.32 Å². The lowest BCUT2D eigenvalue weighted by Crippen LogP contribution is -2.30. The van der Waals surface area contributed by atoms with Crippen LogP contribution in [0.15, 0.2) is 48.5 Å². The summed E-state index contributed by atoms with van der Waals surface area (Å²) in [4.78, 5) is 29.2. The van der Waals surface area contributed by atoms with Gasteiger partial charge >= 0.3 is 5.97 Å². The van der Waals surface area contributed by atoms with Gasteiger partial charge in [0.15, 0.2) is 6.10 Å². The number of aromatic nitrogens is 1. The fourth-order valence-corrected chi connectivity index (χ4v) is 4.01. The van der Waals surface area contributed by atoms with Crippen LogP contribution in [0.5, 0.6) is 0 Å². The minimum absolute atomic E-state index is 0.195. The van der Waals surface area contributed by atoms with Crippen LogP contribution in [0, 0.1) is 0 Å². The number of carbonyl (C=O) groups excluding carboxylic acids is 2. The normalized spacial score (nSPS) is 13.1. The van der Waals surface area contributed by atoms with E-state index in [9.17, 15) is 9.59 Å². The molecular weight excluding hydrogens is 384 g/mol. The van der Waals surface area contributed by atoms with Crippen LogP contribution in [0.3, 0.4) is 0 Å². The second-order valence-corrected chi connectivity index (χ2v) is 8.21. The molecule has 3 rings (SSSR count). The van der Waals surface area contributed by atoms with Crippen LogP contribution in [-0.2, 0) is 20.7 Å². The molecule has 0 bridgehead atoms. The third-order valence-corrected chi connectivity index (χ3v) is 6.02. The van der Waals surface area contributed by atoms with Crippen molar-refractivity contribution in [2.24, 2.45) is 0 Å². The molecule has 0 saturated heterocycles. The summed E-state index contributed by atoms with van der Waals surface area (Å²) in [6.45, 7) is 5.83. The quantitative estimate of drug-likeness (QED) is 0.511. The maximum absolute atomic E-state index is 12.5. The van der Waals surface area contributed by atoms with E-state index in [-0.39, 0.29) is 12.3 Å². The predicted molar refractivity (Wildman–Crippen MR) is 117 cm³/mol. The first kappa shape index (κ1) is 21.0. The lowest BCUT2D eigenvalue weighted by Gasteiger charge is -2.18. The first-order valence-electron chi connectivity index (χ1n) is 9.91. The standard InChI is InChI=1S/C23H26N2O3S/c1-4-15(2)17-9-5-6-10-18(17)25-23(27)16(3)28-22(26)14-13-21-24-19-11-7-8-12-20(19)29-21/h5-12,15-16H,4,13-14H2,1-3H3,(H,25,27)/t15-,16-/m0/s1. The lowest BCUT2D eigenvalue weighted by molar-refractivity contribution is -0.153. The van der Waals surface area contributed by atoms with Gasteiger partial charge in [-0.15, -0.1) is 11.3 Å². The van der Waals surface area contributed by atoms with Crippen molar-refractivity contribution >= 4 is 39.1 Å². The molecule has 0 unspecified atom stereocenters. The summed E-state index contributed by atoms with van der Waals surface area (Å²) in [6, 6.07) is 15.6. The number of hydrogen-bond donors (Lipinski definition) is 1. The van der Waals surface area contributed by atoms with E-state index in [0.29, 0.717) is 12.3 Å². The van der Waals surface area contributed by atoms with Gasteiger partial charge in [0.25, 0.3) is 5.91 Å². The van der Waals surface area contributed by atoms with Crippen LogP contribution >= 0.6 is 11.3 Å². The van der Waals surface area contributed by atoms with Gasteiger partial charge in [0.1, 0.15) is 0 Å². The molecule has 0 spiro atoms. The highest BCUT2D eigenvalue weighted by molar-refractivity contribution is 7.18. The van der Waals surface area contributed by atoms with E-state index in [2.05, 4.69) is 24.1 Å². The molecule has 1 amide bonds. The molecule has 0 aliphatic heterocycles. The van der Waals surface area contributed by atoms with Crippen LogP contribution in [-0.4, -0.2) is 23.0 Å². The highest BCUT2D eigenvalue weighted by atomic mass is 32.1. The number of nitrogens with zero attached hydrogens (tertiary/aromatic N) is 1. The summed E-state index contributed by atoms with van der Waals surface area (Å²) < 4.78 is 6.43. The van der Waals surface area contributed by atoms with Crippen molar-refractivity contribution < 1.29 is 14.3 Å². The van der Waals surface area contributed by atoms with Gasteiger partial charge in [-0.3, -0.25) is 9.59 Å². The van der Waals surface area contributed by atoms with Gasteiger partial charge in [0.05, 0.1) is 21.6 Å². The topological polar surface area (TPSA) is 68.3 Å². The second kappa shape index (κ2) is 9.65. The van der Waals surface area contributed by atoms with Crippen LogP contribution in [0.25, 0.3) is 10.2 Å². The first-order chi connectivity index (χ1) is 14.0. The molecule has 3 aromatic rings. The van der Waals surface area contributed by atoms with Gasteiger partial charge in [-0.2, -0.15) is 0 Å². The first-order valence-corrected chi connectivity index (χ1v) is 10.7. The van der Waals surface area contributed by atoms with E-state index in [1.807, 2.05) is 48.5 Å². The van der Waals surface area contributed by atoms with Crippen molar-refractivity contribution in [3.05, 3.63) is 59.1 Å². The molecule has 0 fully saturated rings. The van der Waals surface area contributed by atoms with Gasteiger partial charge in [0.2, 0.25) is 0 Å². The molecule has 2 atom stereocenters. The van der Waals surface area contributed by atoms with E-state index in [0.717, 1.165) is 32.9 Å². The zero-order valence-electron chi connectivity index (χ0n) is 17.0. The Balaban J connectivity index is 1.53. The Morgan fingerprint density at radius 2 is 1.83 bits per heavy atom. The number of aryl methyl sites for hydroxylation is 1. The number of thiazole rings is 1. The van der Waals surface area contributed by atoms with Gasteiger partial charge in [0, 0.05) is 12.1 Å². The third kappa shape index (κ3) is 5.41. The summed E-state index contributed by atoms with van der Waals surface area (Å²) in [6.07, 6.45) is 0.816. The van der Waals surface area contributed by atoms with E-state index < -0.39 is 12.1 Å². The molecule has 0 aliphatic rings. The van der Waals surface area contributed by atoms with Crippen LogP contribution in [0.4, 0.5) is 5.69 Å². The number of rotatable bonds is 8. The monoisotopic (exact) mass is 410 g/mol. The number of esters is 1. The summed E-state index contributed by atoms with van der Waals surface area (Å²) >= 11 is 1.57. The smallest absolute Gasteiger partial charge is 0.306 e. The minimum Gasteiger partial charge on any atom is -0.453 e. The van der Waals surface area contributed by atoms with Crippen molar-refractivity contribution in [2.75, 3.05) is 5.32 Å². The molecule has 6 heteroatoms. The van der Waals surface area contributed by atoms with Crippen molar-refractivity contribution in [1.82, 2.24) is 4.98 Å². The number of ether oxygens (including phenoxy) is 1. The number of anilines is 1. The highest BCUT2D eigenvalue weighted by Gasteiger charge is 2.20. The van der Waals surface area contributed by atoms with E-state index in [1.165, 1.54) is 0 Å². The largest absolute Gasteiger partial charge is 0.453 e. The summed E-state index contributed by atoms with van der Waals surface area (Å²) in [5, 5.41) is 3.79. The van der Waals surface area contributed by atoms with Crippen LogP contribution in [0.1, 0.15) is 50.1 Å². The summed E-state index contributed by atoms with van der Waals surface area (Å²) in [5.74, 6) is -0.394. The molecule has 1 N–H and O–H groups in total. The highest BCUT2D eigenvalue weighted by Crippen LogP contribution is 2.27. The number of hydrogen-bond acceptors (Lipinski definition) is 5. The van der Waals surface area contributed by atoms with Gasteiger partial charge in [-0.25, -0.2) is 4.98 Å². The number of amides is 1. The molecule has 0 radical (unpaired) electrons. The molecule has 0 saturated carbocycles. The predicted octanol–water partition coefficient (Wildman–Crippen LogP) is 5.31. The molecule has 5 nitrogen and oxygen atoms in total.